The van der Waals surface area contributed by atoms with Gasteiger partial charge in [-0.15, -0.1) is 0 Å². The normalized spacial score (nSPS) is 11.7. The van der Waals surface area contributed by atoms with Crippen molar-refractivity contribution >= 4 is 11.8 Å². The number of aliphatic hydroxyl groups is 1. The first kappa shape index (κ1) is 16.8. The molecule has 0 radical (unpaired) electrons. The predicted molar refractivity (Wildman–Crippen MR) is 83.7 cm³/mol. The molecule has 6 heteroatoms. The van der Waals surface area contributed by atoms with Gasteiger partial charge in [-0.2, -0.15) is 0 Å². The Balaban J connectivity index is 2.08. The van der Waals surface area contributed by atoms with Gasteiger partial charge in [-0.3, -0.25) is 5.32 Å². The zero-order valence-corrected chi connectivity index (χ0v) is 12.4. The largest absolute Gasteiger partial charge is 0.505 e. The molecule has 0 unspecified atom stereocenters. The molecule has 0 saturated carbocycles. The molecule has 2 rings (SSSR count). The van der Waals surface area contributed by atoms with Crippen LogP contribution in [0, 0.1) is 5.82 Å². The monoisotopic (exact) mass is 319 g/mol. The van der Waals surface area contributed by atoms with Gasteiger partial charge in [0.15, 0.2) is 11.6 Å². The van der Waals surface area contributed by atoms with Gasteiger partial charge >= 0.3 is 6.09 Å². The van der Waals surface area contributed by atoms with Crippen molar-refractivity contribution in [2.75, 3.05) is 11.9 Å². The van der Waals surface area contributed by atoms with Crippen LogP contribution >= 0.6 is 0 Å². The Hall–Kier alpha value is -2.60. The van der Waals surface area contributed by atoms with Crippen LogP contribution in [-0.4, -0.2) is 22.9 Å². The molecule has 0 bridgehead atoms. The van der Waals surface area contributed by atoms with E-state index in [-0.39, 0.29) is 6.61 Å². The molecule has 1 atom stereocenters. The second-order valence-electron chi connectivity index (χ2n) is 4.96. The zero-order chi connectivity index (χ0) is 16.7. The van der Waals surface area contributed by atoms with E-state index in [2.05, 4.69) is 5.32 Å². The van der Waals surface area contributed by atoms with E-state index in [1.807, 2.05) is 6.07 Å². The fraction of sp³-hybridized carbons (Fsp3) is 0.235. The number of halogens is 1. The van der Waals surface area contributed by atoms with E-state index in [1.54, 1.807) is 24.3 Å². The quantitative estimate of drug-likeness (QED) is 0.760. The number of carbonyl (C=O) groups excluding carboxylic acids is 1. The van der Waals surface area contributed by atoms with Crippen molar-refractivity contribution in [2.45, 2.75) is 18.9 Å². The van der Waals surface area contributed by atoms with Crippen LogP contribution in [0.5, 0.6) is 5.75 Å². The Kier molecular flexibility index (Phi) is 5.94. The smallest absolute Gasteiger partial charge is 0.412 e. The second kappa shape index (κ2) is 8.14. The zero-order valence-electron chi connectivity index (χ0n) is 12.4. The van der Waals surface area contributed by atoms with Crippen molar-refractivity contribution < 1.29 is 24.1 Å². The summed E-state index contributed by atoms with van der Waals surface area (Å²) < 4.78 is 18.8. The number of ether oxygens (including phenoxy) is 1. The molecule has 0 spiro atoms. The van der Waals surface area contributed by atoms with Gasteiger partial charge in [-0.1, -0.05) is 24.3 Å². The molecule has 5 nitrogen and oxygen atoms in total. The summed E-state index contributed by atoms with van der Waals surface area (Å²) in [5, 5.41) is 20.8. The number of rotatable bonds is 6. The number of aromatic hydroxyl groups is 1. The van der Waals surface area contributed by atoms with Crippen LogP contribution in [0.3, 0.4) is 0 Å². The molecule has 0 heterocycles. The van der Waals surface area contributed by atoms with Crippen molar-refractivity contribution in [3.63, 3.8) is 0 Å². The Labute approximate surface area is 133 Å². The number of para-hydroxylation sites is 1. The van der Waals surface area contributed by atoms with Gasteiger partial charge in [0.25, 0.3) is 0 Å². The highest BCUT2D eigenvalue weighted by Crippen LogP contribution is 2.27. The van der Waals surface area contributed by atoms with Crippen LogP contribution < -0.4 is 5.32 Å². The first-order valence-corrected chi connectivity index (χ1v) is 7.22. The van der Waals surface area contributed by atoms with Crippen molar-refractivity contribution in [1.82, 2.24) is 0 Å². The average molecular weight is 319 g/mol. The van der Waals surface area contributed by atoms with Gasteiger partial charge in [0.05, 0.1) is 0 Å². The van der Waals surface area contributed by atoms with Crippen LogP contribution in [0.1, 0.15) is 24.5 Å². The van der Waals surface area contributed by atoms with Crippen LogP contribution in [0.2, 0.25) is 0 Å². The lowest BCUT2D eigenvalue weighted by atomic mass is 10.0. The number of carbonyl (C=O) groups is 1. The van der Waals surface area contributed by atoms with Crippen LogP contribution in [0.4, 0.5) is 14.9 Å². The Bertz CT molecular complexity index is 648. The van der Waals surface area contributed by atoms with E-state index in [1.165, 1.54) is 12.1 Å². The maximum absolute atomic E-state index is 13.5. The third-order valence-corrected chi connectivity index (χ3v) is 3.24. The number of nitrogens with one attached hydrogen (secondary N) is 1. The van der Waals surface area contributed by atoms with Gasteiger partial charge in [0.1, 0.15) is 6.10 Å². The summed E-state index contributed by atoms with van der Waals surface area (Å²) in [6, 6.07) is 12.6. The summed E-state index contributed by atoms with van der Waals surface area (Å²) in [5.41, 5.74) is 0.993. The van der Waals surface area contributed by atoms with Crippen molar-refractivity contribution in [3.05, 3.63) is 59.9 Å². The van der Waals surface area contributed by atoms with E-state index >= 15 is 0 Å². The van der Waals surface area contributed by atoms with Crippen LogP contribution in [0.15, 0.2) is 48.5 Å². The molecule has 0 aliphatic carbocycles. The van der Waals surface area contributed by atoms with Crippen LogP contribution in [0.25, 0.3) is 0 Å². The second-order valence-corrected chi connectivity index (χ2v) is 4.96. The molecular formula is C17H18FNO4. The highest BCUT2D eigenvalue weighted by Gasteiger charge is 2.18. The summed E-state index contributed by atoms with van der Waals surface area (Å²) in [6.07, 6.45) is -0.664. The minimum Gasteiger partial charge on any atom is -0.505 e. The molecular weight excluding hydrogens is 301 g/mol. The third-order valence-electron chi connectivity index (χ3n) is 3.24. The predicted octanol–water partition coefficient (Wildman–Crippen LogP) is 3.59. The number of hydrogen-bond donors (Lipinski definition) is 3. The average Bonchev–Trinajstić information content (AvgIpc) is 2.55. The van der Waals surface area contributed by atoms with Gasteiger partial charge in [-0.05, 0) is 42.7 Å². The molecule has 23 heavy (non-hydrogen) atoms. The van der Waals surface area contributed by atoms with Gasteiger partial charge < -0.3 is 14.9 Å². The van der Waals surface area contributed by atoms with E-state index in [4.69, 9.17) is 9.84 Å². The fourth-order valence-electron chi connectivity index (χ4n) is 2.09. The Morgan fingerprint density at radius 1 is 1.22 bits per heavy atom. The number of hydrogen-bond acceptors (Lipinski definition) is 4. The number of benzene rings is 2. The molecule has 2 aromatic rings. The van der Waals surface area contributed by atoms with Gasteiger partial charge in [-0.25, -0.2) is 9.18 Å². The Morgan fingerprint density at radius 3 is 2.61 bits per heavy atom. The van der Waals surface area contributed by atoms with E-state index in [0.29, 0.717) is 24.1 Å². The minimum atomic E-state index is -0.788. The number of anilines is 1. The first-order valence-electron chi connectivity index (χ1n) is 7.22. The molecule has 122 valence electrons. The third kappa shape index (κ3) is 4.96. The first-order chi connectivity index (χ1) is 11.1. The standard InChI is InChI=1S/C17H18FNO4/c18-14-11-12(8-9-15(14)21)16(7-4-10-20)23-17(22)19-13-5-2-1-3-6-13/h1-3,5-6,8-9,11,16,20-21H,4,7,10H2,(H,19,22)/t16-/m0/s1. The molecule has 0 aliphatic rings. The number of phenols is 1. The lowest BCUT2D eigenvalue weighted by Gasteiger charge is -2.18. The number of aliphatic hydroxyl groups excluding tert-OH is 1. The summed E-state index contributed by atoms with van der Waals surface area (Å²) in [4.78, 5) is 12.0. The summed E-state index contributed by atoms with van der Waals surface area (Å²) in [5.74, 6) is -1.26. The molecule has 0 saturated heterocycles. The van der Waals surface area contributed by atoms with E-state index in [9.17, 15) is 14.3 Å². The topological polar surface area (TPSA) is 78.8 Å². The molecule has 0 aliphatic heterocycles. The van der Waals surface area contributed by atoms with Crippen molar-refractivity contribution in [3.8, 4) is 5.75 Å². The molecule has 1 amide bonds. The lowest BCUT2D eigenvalue weighted by Crippen LogP contribution is -2.18. The van der Waals surface area contributed by atoms with Gasteiger partial charge in [0, 0.05) is 12.3 Å². The number of phenolic OH excluding ortho intramolecular Hbond substituents is 1. The SMILES string of the molecule is O=C(Nc1ccccc1)O[C@@H](CCCO)c1ccc(O)c(F)c1. The summed E-state index contributed by atoms with van der Waals surface area (Å²) in [6.45, 7) is -0.0687. The molecule has 0 fully saturated rings. The fourth-order valence-corrected chi connectivity index (χ4v) is 2.09. The number of amides is 1. The van der Waals surface area contributed by atoms with Crippen molar-refractivity contribution in [2.24, 2.45) is 0 Å². The highest BCUT2D eigenvalue weighted by molar-refractivity contribution is 5.84. The summed E-state index contributed by atoms with van der Waals surface area (Å²) >= 11 is 0. The summed E-state index contributed by atoms with van der Waals surface area (Å²) in [7, 11) is 0. The maximum Gasteiger partial charge on any atom is 0.412 e. The Morgan fingerprint density at radius 2 is 1.96 bits per heavy atom. The van der Waals surface area contributed by atoms with Crippen LogP contribution in [-0.2, 0) is 4.74 Å². The minimum absolute atomic E-state index is 0.0687. The van der Waals surface area contributed by atoms with Gasteiger partial charge in [0.2, 0.25) is 0 Å². The highest BCUT2D eigenvalue weighted by atomic mass is 19.1. The molecule has 2 aromatic carbocycles. The molecule has 0 aromatic heterocycles. The maximum atomic E-state index is 13.5. The van der Waals surface area contributed by atoms with E-state index in [0.717, 1.165) is 6.07 Å². The lowest BCUT2D eigenvalue weighted by molar-refractivity contribution is 0.0992. The van der Waals surface area contributed by atoms with Crippen molar-refractivity contribution in [1.29, 1.82) is 0 Å². The molecule has 3 N–H and O–H groups in total. The van der Waals surface area contributed by atoms with E-state index < -0.39 is 23.8 Å².